The lowest BCUT2D eigenvalue weighted by Crippen LogP contribution is -2.58. The average molecular weight is 563 g/mol. The zero-order valence-corrected chi connectivity index (χ0v) is 22.7. The lowest BCUT2D eigenvalue weighted by Gasteiger charge is -2.25. The van der Waals surface area contributed by atoms with Gasteiger partial charge >= 0.3 is 5.97 Å². The van der Waals surface area contributed by atoms with Crippen LogP contribution in [0.5, 0.6) is 5.75 Å². The molecular weight excluding hydrogens is 528 g/mol. The maximum atomic E-state index is 13.4. The Labute approximate surface area is 231 Å². The number of carbonyl (C=O) groups is 4. The average Bonchev–Trinajstić information content (AvgIpc) is 2.90. The minimum absolute atomic E-state index is 0.0930. The van der Waals surface area contributed by atoms with Crippen LogP contribution in [0.4, 0.5) is 0 Å². The van der Waals surface area contributed by atoms with Gasteiger partial charge < -0.3 is 31.9 Å². The van der Waals surface area contributed by atoms with E-state index in [2.05, 4.69) is 28.6 Å². The molecule has 0 aliphatic rings. The van der Waals surface area contributed by atoms with Crippen LogP contribution in [-0.4, -0.2) is 75.8 Å². The highest BCUT2D eigenvalue weighted by molar-refractivity contribution is 7.98. The molecule has 38 heavy (non-hydrogen) atoms. The van der Waals surface area contributed by atoms with Gasteiger partial charge in [-0.05, 0) is 48.1 Å². The molecule has 7 N–H and O–H groups in total. The van der Waals surface area contributed by atoms with Crippen molar-refractivity contribution in [3.63, 3.8) is 0 Å². The Bertz CT molecular complexity index is 1070. The third-order valence-electron chi connectivity index (χ3n) is 5.69. The van der Waals surface area contributed by atoms with Crippen molar-refractivity contribution >= 4 is 48.1 Å². The fraction of sp³-hybridized carbons (Fsp3) is 0.385. The molecule has 0 fully saturated rings. The highest BCUT2D eigenvalue weighted by Gasteiger charge is 2.30. The Morgan fingerprint density at radius 1 is 0.842 bits per heavy atom. The monoisotopic (exact) mass is 562 g/mol. The van der Waals surface area contributed by atoms with Crippen molar-refractivity contribution in [2.24, 2.45) is 5.73 Å². The maximum absolute atomic E-state index is 13.4. The standard InChI is InChI=1S/C26H34N4O6S2/c1-38-12-11-20(24(33)30-22(15-37)26(35)36)28-25(34)21(14-16-5-3-2-4-6-16)29-23(32)19(27)13-17-7-9-18(31)10-8-17/h2-10,19-22,31,37H,11-15,27H2,1H3,(H,28,34)(H,29,32)(H,30,33)(H,35,36). The second-order valence-corrected chi connectivity index (χ2v) is 10.0. The summed E-state index contributed by atoms with van der Waals surface area (Å²) in [6.45, 7) is 0. The van der Waals surface area contributed by atoms with Crippen molar-refractivity contribution in [2.45, 2.75) is 43.4 Å². The van der Waals surface area contributed by atoms with Crippen LogP contribution in [0.1, 0.15) is 17.5 Å². The number of thiol groups is 1. The van der Waals surface area contributed by atoms with Crippen LogP contribution in [0.2, 0.25) is 0 Å². The molecule has 10 nitrogen and oxygen atoms in total. The van der Waals surface area contributed by atoms with Gasteiger partial charge in [-0.25, -0.2) is 4.79 Å². The first kappa shape index (κ1) is 31.0. The predicted molar refractivity (Wildman–Crippen MR) is 150 cm³/mol. The van der Waals surface area contributed by atoms with E-state index in [1.165, 1.54) is 23.9 Å². The van der Waals surface area contributed by atoms with Crippen LogP contribution in [0.25, 0.3) is 0 Å². The molecule has 0 radical (unpaired) electrons. The summed E-state index contributed by atoms with van der Waals surface area (Å²) in [5, 5.41) is 26.5. The number of rotatable bonds is 15. The number of amides is 3. The van der Waals surface area contributed by atoms with Crippen molar-refractivity contribution in [3.8, 4) is 5.75 Å². The molecule has 206 valence electrons. The van der Waals surface area contributed by atoms with Crippen LogP contribution in [0, 0.1) is 0 Å². The molecule has 0 bridgehead atoms. The van der Waals surface area contributed by atoms with E-state index in [1.54, 1.807) is 24.3 Å². The minimum atomic E-state index is -1.24. The molecular formula is C26H34N4O6S2. The van der Waals surface area contributed by atoms with Crippen LogP contribution < -0.4 is 21.7 Å². The van der Waals surface area contributed by atoms with Gasteiger partial charge in [-0.1, -0.05) is 42.5 Å². The number of carbonyl (C=O) groups excluding carboxylic acids is 3. The van der Waals surface area contributed by atoms with Gasteiger partial charge in [-0.2, -0.15) is 24.4 Å². The second kappa shape index (κ2) is 15.9. The van der Waals surface area contributed by atoms with Crippen LogP contribution in [-0.2, 0) is 32.0 Å². The first-order valence-corrected chi connectivity index (χ1v) is 14.0. The number of hydrogen-bond donors (Lipinski definition) is 7. The topological polar surface area (TPSA) is 171 Å². The summed E-state index contributed by atoms with van der Waals surface area (Å²) in [5.74, 6) is -2.53. The lowest BCUT2D eigenvalue weighted by molar-refractivity contribution is -0.141. The number of hydrogen-bond acceptors (Lipinski definition) is 8. The molecule has 12 heteroatoms. The van der Waals surface area contributed by atoms with E-state index in [9.17, 15) is 29.4 Å². The molecule has 3 amide bonds. The van der Waals surface area contributed by atoms with Crippen molar-refractivity contribution < 1.29 is 29.4 Å². The molecule has 4 unspecified atom stereocenters. The number of thioether (sulfide) groups is 1. The first-order valence-electron chi connectivity index (χ1n) is 12.0. The van der Waals surface area contributed by atoms with E-state index >= 15 is 0 Å². The van der Waals surface area contributed by atoms with Crippen molar-refractivity contribution in [3.05, 3.63) is 65.7 Å². The Morgan fingerprint density at radius 3 is 1.97 bits per heavy atom. The number of aliphatic carboxylic acids is 1. The fourth-order valence-corrected chi connectivity index (χ4v) is 4.27. The van der Waals surface area contributed by atoms with Gasteiger partial charge in [0.1, 0.15) is 23.9 Å². The van der Waals surface area contributed by atoms with E-state index < -0.39 is 47.9 Å². The van der Waals surface area contributed by atoms with E-state index in [1.807, 2.05) is 24.5 Å². The summed E-state index contributed by atoms with van der Waals surface area (Å²) in [6, 6.07) is 11.1. The molecule has 2 aromatic rings. The van der Waals surface area contributed by atoms with E-state index in [0.717, 1.165) is 11.1 Å². The second-order valence-electron chi connectivity index (χ2n) is 8.65. The highest BCUT2D eigenvalue weighted by Crippen LogP contribution is 2.12. The van der Waals surface area contributed by atoms with Crippen molar-refractivity contribution in [1.29, 1.82) is 0 Å². The smallest absolute Gasteiger partial charge is 0.327 e. The summed E-state index contributed by atoms with van der Waals surface area (Å²) < 4.78 is 0. The molecule has 0 saturated heterocycles. The number of carboxylic acid groups (broad SMARTS) is 1. The molecule has 0 aliphatic carbocycles. The van der Waals surface area contributed by atoms with Crippen LogP contribution in [0.3, 0.4) is 0 Å². The molecule has 0 aliphatic heterocycles. The molecule has 0 saturated carbocycles. The van der Waals surface area contributed by atoms with Gasteiger partial charge in [-0.15, -0.1) is 0 Å². The number of nitrogens with two attached hydrogens (primary N) is 1. The van der Waals surface area contributed by atoms with Gasteiger partial charge in [0.2, 0.25) is 17.7 Å². The first-order chi connectivity index (χ1) is 18.1. The zero-order chi connectivity index (χ0) is 28.1. The van der Waals surface area contributed by atoms with E-state index in [0.29, 0.717) is 5.75 Å². The van der Waals surface area contributed by atoms with Crippen molar-refractivity contribution in [2.75, 3.05) is 17.8 Å². The van der Waals surface area contributed by atoms with Gasteiger partial charge in [0, 0.05) is 12.2 Å². The summed E-state index contributed by atoms with van der Waals surface area (Å²) in [4.78, 5) is 50.5. The van der Waals surface area contributed by atoms with Gasteiger partial charge in [0.05, 0.1) is 6.04 Å². The van der Waals surface area contributed by atoms with Gasteiger partial charge in [0.25, 0.3) is 0 Å². The third kappa shape index (κ3) is 10.3. The fourth-order valence-electron chi connectivity index (χ4n) is 3.55. The van der Waals surface area contributed by atoms with Gasteiger partial charge in [-0.3, -0.25) is 14.4 Å². The van der Waals surface area contributed by atoms with Crippen LogP contribution >= 0.6 is 24.4 Å². The number of nitrogens with one attached hydrogen (secondary N) is 3. The number of phenols is 1. The van der Waals surface area contributed by atoms with Crippen LogP contribution in [0.15, 0.2) is 54.6 Å². The lowest BCUT2D eigenvalue weighted by atomic mass is 10.0. The zero-order valence-electron chi connectivity index (χ0n) is 21.0. The summed E-state index contributed by atoms with van der Waals surface area (Å²) in [7, 11) is 0. The number of aromatic hydroxyl groups is 1. The quantitative estimate of drug-likeness (QED) is 0.156. The number of benzene rings is 2. The molecule has 2 rings (SSSR count). The number of phenolic OH excluding ortho intramolecular Hbond substituents is 1. The molecule has 2 aromatic carbocycles. The molecule has 0 spiro atoms. The molecule has 0 aromatic heterocycles. The van der Waals surface area contributed by atoms with E-state index in [-0.39, 0.29) is 30.8 Å². The molecule has 0 heterocycles. The Kier molecular flexibility index (Phi) is 13.0. The minimum Gasteiger partial charge on any atom is -0.508 e. The predicted octanol–water partition coefficient (Wildman–Crippen LogP) is 0.727. The summed E-state index contributed by atoms with van der Waals surface area (Å²) >= 11 is 5.43. The SMILES string of the molecule is CSCCC(NC(=O)C(Cc1ccccc1)NC(=O)C(N)Cc1ccc(O)cc1)C(=O)NC(CS)C(=O)O. The highest BCUT2D eigenvalue weighted by atomic mass is 32.2. The normalized spacial score (nSPS) is 14.0. The maximum Gasteiger partial charge on any atom is 0.327 e. The molecule has 4 atom stereocenters. The Balaban J connectivity index is 2.18. The Hall–Kier alpha value is -3.22. The Morgan fingerprint density at radius 2 is 1.39 bits per heavy atom. The number of carboxylic acids is 1. The van der Waals surface area contributed by atoms with Gasteiger partial charge in [0.15, 0.2) is 0 Å². The van der Waals surface area contributed by atoms with E-state index in [4.69, 9.17) is 5.73 Å². The summed E-state index contributed by atoms with van der Waals surface area (Å²) in [6.07, 6.45) is 2.43. The largest absolute Gasteiger partial charge is 0.508 e. The summed E-state index contributed by atoms with van der Waals surface area (Å²) in [5.41, 5.74) is 7.63. The third-order valence-corrected chi connectivity index (χ3v) is 6.69. The van der Waals surface area contributed by atoms with Crippen molar-refractivity contribution in [1.82, 2.24) is 16.0 Å².